The molecule has 104 valence electrons. The van der Waals surface area contributed by atoms with Crippen LogP contribution in [0.3, 0.4) is 0 Å². The van der Waals surface area contributed by atoms with Gasteiger partial charge in [-0.1, -0.05) is 12.1 Å². The first-order chi connectivity index (χ1) is 9.20. The van der Waals surface area contributed by atoms with Gasteiger partial charge in [-0.25, -0.2) is 0 Å². The molecule has 0 bridgehead atoms. The summed E-state index contributed by atoms with van der Waals surface area (Å²) in [4.78, 5) is 12.2. The van der Waals surface area contributed by atoms with Gasteiger partial charge in [0.15, 0.2) is 0 Å². The topological polar surface area (TPSA) is 50.4 Å². The first kappa shape index (κ1) is 13.9. The summed E-state index contributed by atoms with van der Waals surface area (Å²) in [5, 5.41) is 6.35. The van der Waals surface area contributed by atoms with Crippen LogP contribution in [-0.4, -0.2) is 26.1 Å². The molecule has 1 unspecified atom stereocenters. The highest BCUT2D eigenvalue weighted by Gasteiger charge is 2.22. The summed E-state index contributed by atoms with van der Waals surface area (Å²) in [7, 11) is 1.65. The molecule has 1 aliphatic rings. The Kier molecular flexibility index (Phi) is 4.80. The zero-order chi connectivity index (χ0) is 13.7. The van der Waals surface area contributed by atoms with E-state index in [0.29, 0.717) is 0 Å². The molecule has 0 radical (unpaired) electrons. The van der Waals surface area contributed by atoms with Gasteiger partial charge in [-0.2, -0.15) is 0 Å². The quantitative estimate of drug-likeness (QED) is 0.871. The zero-order valence-electron chi connectivity index (χ0n) is 11.6. The largest absolute Gasteiger partial charge is 0.497 e. The standard InChI is InChI=1S/C15H22N2O2/c1-11(12-5-3-7-14(9-12)19-2)17-15(18)13-6-4-8-16-10-13/h3,5,7,9,11,13,16H,4,6,8,10H2,1-2H3,(H,17,18)/t11-,13?/m1/s1. The average molecular weight is 262 g/mol. The summed E-state index contributed by atoms with van der Waals surface area (Å²) < 4.78 is 5.20. The first-order valence-corrected chi connectivity index (χ1v) is 6.85. The van der Waals surface area contributed by atoms with Gasteiger partial charge >= 0.3 is 0 Å². The fourth-order valence-electron chi connectivity index (χ4n) is 2.40. The van der Waals surface area contributed by atoms with Gasteiger partial charge in [-0.3, -0.25) is 4.79 Å². The molecule has 1 saturated heterocycles. The van der Waals surface area contributed by atoms with Gasteiger partial charge in [0.2, 0.25) is 5.91 Å². The molecule has 2 N–H and O–H groups in total. The second-order valence-electron chi connectivity index (χ2n) is 5.05. The lowest BCUT2D eigenvalue weighted by Crippen LogP contribution is -2.41. The Labute approximate surface area is 114 Å². The molecule has 0 aliphatic carbocycles. The fourth-order valence-corrected chi connectivity index (χ4v) is 2.40. The maximum atomic E-state index is 12.2. The third-order valence-corrected chi connectivity index (χ3v) is 3.62. The van der Waals surface area contributed by atoms with Crippen LogP contribution in [0.5, 0.6) is 5.75 Å². The average Bonchev–Trinajstić information content (AvgIpc) is 2.48. The van der Waals surface area contributed by atoms with Crippen LogP contribution in [0.15, 0.2) is 24.3 Å². The van der Waals surface area contributed by atoms with Crippen molar-refractivity contribution in [1.29, 1.82) is 0 Å². The molecular weight excluding hydrogens is 240 g/mol. The van der Waals surface area contributed by atoms with E-state index in [4.69, 9.17) is 4.74 Å². The van der Waals surface area contributed by atoms with E-state index >= 15 is 0 Å². The minimum atomic E-state index is 0.00419. The fraction of sp³-hybridized carbons (Fsp3) is 0.533. The molecule has 1 aliphatic heterocycles. The predicted octanol–water partition coefficient (Wildman–Crippen LogP) is 1.87. The number of benzene rings is 1. The van der Waals surface area contributed by atoms with Gasteiger partial charge in [0.1, 0.15) is 5.75 Å². The van der Waals surface area contributed by atoms with E-state index in [1.807, 2.05) is 31.2 Å². The Morgan fingerprint density at radius 2 is 2.37 bits per heavy atom. The smallest absolute Gasteiger partial charge is 0.224 e. The van der Waals surface area contributed by atoms with Crippen molar-refractivity contribution in [2.75, 3.05) is 20.2 Å². The molecule has 2 rings (SSSR count). The van der Waals surface area contributed by atoms with E-state index in [1.165, 1.54) is 0 Å². The van der Waals surface area contributed by atoms with Gasteiger partial charge in [-0.15, -0.1) is 0 Å². The minimum Gasteiger partial charge on any atom is -0.497 e. The molecule has 1 fully saturated rings. The number of carbonyl (C=O) groups is 1. The molecule has 19 heavy (non-hydrogen) atoms. The van der Waals surface area contributed by atoms with Gasteiger partial charge in [0.05, 0.1) is 19.1 Å². The van der Waals surface area contributed by atoms with Crippen LogP contribution in [-0.2, 0) is 4.79 Å². The van der Waals surface area contributed by atoms with E-state index in [2.05, 4.69) is 10.6 Å². The molecule has 0 saturated carbocycles. The highest BCUT2D eigenvalue weighted by atomic mass is 16.5. The highest BCUT2D eigenvalue weighted by Crippen LogP contribution is 2.20. The van der Waals surface area contributed by atoms with Crippen molar-refractivity contribution in [3.63, 3.8) is 0 Å². The van der Waals surface area contributed by atoms with Gasteiger partial charge in [0, 0.05) is 6.54 Å². The summed E-state index contributed by atoms with van der Waals surface area (Å²) in [5.41, 5.74) is 1.07. The van der Waals surface area contributed by atoms with Crippen molar-refractivity contribution in [3.05, 3.63) is 29.8 Å². The van der Waals surface area contributed by atoms with Crippen molar-refractivity contribution in [1.82, 2.24) is 10.6 Å². The number of rotatable bonds is 4. The van der Waals surface area contributed by atoms with Crippen molar-refractivity contribution in [3.8, 4) is 5.75 Å². The van der Waals surface area contributed by atoms with E-state index in [1.54, 1.807) is 7.11 Å². The van der Waals surface area contributed by atoms with E-state index in [-0.39, 0.29) is 17.9 Å². The predicted molar refractivity (Wildman–Crippen MR) is 75.1 cm³/mol. The second-order valence-corrected chi connectivity index (χ2v) is 5.05. The van der Waals surface area contributed by atoms with Gasteiger partial charge in [-0.05, 0) is 44.0 Å². The number of nitrogens with one attached hydrogen (secondary N) is 2. The lowest BCUT2D eigenvalue weighted by molar-refractivity contribution is -0.126. The van der Waals surface area contributed by atoms with Crippen molar-refractivity contribution >= 4 is 5.91 Å². The monoisotopic (exact) mass is 262 g/mol. The van der Waals surface area contributed by atoms with Crippen LogP contribution in [0.1, 0.15) is 31.4 Å². The summed E-state index contributed by atoms with van der Waals surface area (Å²) in [6, 6.07) is 7.82. The van der Waals surface area contributed by atoms with Crippen molar-refractivity contribution in [2.45, 2.75) is 25.8 Å². The zero-order valence-corrected chi connectivity index (χ0v) is 11.6. The van der Waals surface area contributed by atoms with Crippen molar-refractivity contribution < 1.29 is 9.53 Å². The number of amides is 1. The van der Waals surface area contributed by atoms with E-state index in [0.717, 1.165) is 37.2 Å². The summed E-state index contributed by atoms with van der Waals surface area (Å²) in [5.74, 6) is 1.06. The van der Waals surface area contributed by atoms with E-state index in [9.17, 15) is 4.79 Å². The summed E-state index contributed by atoms with van der Waals surface area (Å²) in [6.45, 7) is 3.81. The Morgan fingerprint density at radius 3 is 3.05 bits per heavy atom. The molecule has 2 atom stereocenters. The normalized spacial score (nSPS) is 20.6. The summed E-state index contributed by atoms with van der Waals surface area (Å²) in [6.07, 6.45) is 2.05. The first-order valence-electron chi connectivity index (χ1n) is 6.85. The van der Waals surface area contributed by atoms with Crippen LogP contribution >= 0.6 is 0 Å². The lowest BCUT2D eigenvalue weighted by Gasteiger charge is -2.24. The highest BCUT2D eigenvalue weighted by molar-refractivity contribution is 5.79. The van der Waals surface area contributed by atoms with Crippen LogP contribution in [0.4, 0.5) is 0 Å². The SMILES string of the molecule is COc1cccc([C@@H](C)NC(=O)C2CCCNC2)c1. The Balaban J connectivity index is 1.95. The maximum Gasteiger partial charge on any atom is 0.224 e. The number of methoxy groups -OCH3 is 1. The van der Waals surface area contributed by atoms with Crippen LogP contribution < -0.4 is 15.4 Å². The third-order valence-electron chi connectivity index (χ3n) is 3.62. The molecule has 0 aromatic heterocycles. The number of hydrogen-bond donors (Lipinski definition) is 2. The minimum absolute atomic E-state index is 0.00419. The molecule has 1 amide bonds. The van der Waals surface area contributed by atoms with Crippen LogP contribution in [0.25, 0.3) is 0 Å². The molecule has 1 aromatic carbocycles. The number of piperidine rings is 1. The molecule has 1 heterocycles. The molecule has 0 spiro atoms. The lowest BCUT2D eigenvalue weighted by atomic mass is 9.98. The van der Waals surface area contributed by atoms with Gasteiger partial charge < -0.3 is 15.4 Å². The summed E-state index contributed by atoms with van der Waals surface area (Å²) >= 11 is 0. The Hall–Kier alpha value is -1.55. The van der Waals surface area contributed by atoms with Crippen LogP contribution in [0, 0.1) is 5.92 Å². The van der Waals surface area contributed by atoms with Crippen LogP contribution in [0.2, 0.25) is 0 Å². The Bertz CT molecular complexity index is 428. The third kappa shape index (κ3) is 3.70. The molecule has 4 heteroatoms. The maximum absolute atomic E-state index is 12.2. The van der Waals surface area contributed by atoms with Crippen molar-refractivity contribution in [2.24, 2.45) is 5.92 Å². The number of carbonyl (C=O) groups excluding carboxylic acids is 1. The molecule has 1 aromatic rings. The van der Waals surface area contributed by atoms with E-state index < -0.39 is 0 Å². The number of ether oxygens (including phenoxy) is 1. The molecular formula is C15H22N2O2. The van der Waals surface area contributed by atoms with Gasteiger partial charge in [0.25, 0.3) is 0 Å². The molecule has 4 nitrogen and oxygen atoms in total. The number of hydrogen-bond acceptors (Lipinski definition) is 3. The second kappa shape index (κ2) is 6.57. The Morgan fingerprint density at radius 1 is 1.53 bits per heavy atom.